The summed E-state index contributed by atoms with van der Waals surface area (Å²) < 4.78 is 30.7. The van der Waals surface area contributed by atoms with Crippen LogP contribution in [0.5, 0.6) is 0 Å². The molecule has 2 N–H and O–H groups in total. The molecular formula is C14H14IN3O3S. The van der Waals surface area contributed by atoms with Gasteiger partial charge in [0.25, 0.3) is 10.0 Å². The van der Waals surface area contributed by atoms with Gasteiger partial charge >= 0.3 is 0 Å². The largest absolute Gasteiger partial charge is 0.368 e. The standard InChI is InChI=1S/C14H14IN3O3S/c1-10-2-5-12(6-3-10)22(20,21)17-14-7-4-11(15)8-18(14)9-13(16)19/h2-8H,9H2,1H3,(H2,16,19). The number of aromatic nitrogens is 1. The van der Waals surface area contributed by atoms with Crippen molar-refractivity contribution in [3.63, 3.8) is 0 Å². The second kappa shape index (κ2) is 6.61. The quantitative estimate of drug-likeness (QED) is 0.737. The van der Waals surface area contributed by atoms with Crippen LogP contribution in [0.1, 0.15) is 5.56 Å². The number of carbonyl (C=O) groups excluding carboxylic acids is 1. The molecule has 1 aromatic heterocycles. The van der Waals surface area contributed by atoms with Gasteiger partial charge in [0, 0.05) is 9.77 Å². The third-order valence-electron chi connectivity index (χ3n) is 2.82. The lowest BCUT2D eigenvalue weighted by atomic mass is 10.2. The monoisotopic (exact) mass is 431 g/mol. The molecule has 0 bridgehead atoms. The molecule has 0 aliphatic heterocycles. The van der Waals surface area contributed by atoms with Gasteiger partial charge in [0.2, 0.25) is 5.91 Å². The number of carbonyl (C=O) groups is 1. The molecular weight excluding hydrogens is 417 g/mol. The Hall–Kier alpha value is -1.68. The molecule has 2 aromatic rings. The van der Waals surface area contributed by atoms with Crippen molar-refractivity contribution in [2.75, 3.05) is 0 Å². The van der Waals surface area contributed by atoms with Crippen LogP contribution in [0.2, 0.25) is 0 Å². The first-order valence-corrected chi connectivity index (χ1v) is 8.82. The number of pyridine rings is 1. The minimum atomic E-state index is -3.85. The molecule has 0 fully saturated rings. The maximum atomic E-state index is 12.3. The van der Waals surface area contributed by atoms with Crippen molar-refractivity contribution >= 4 is 38.5 Å². The molecule has 1 heterocycles. The maximum absolute atomic E-state index is 12.3. The van der Waals surface area contributed by atoms with Crippen LogP contribution >= 0.6 is 22.6 Å². The highest BCUT2D eigenvalue weighted by atomic mass is 127. The Morgan fingerprint density at radius 1 is 1.23 bits per heavy atom. The van der Waals surface area contributed by atoms with E-state index in [-0.39, 0.29) is 16.9 Å². The van der Waals surface area contributed by atoms with E-state index in [9.17, 15) is 13.2 Å². The number of rotatable bonds is 4. The normalized spacial score (nSPS) is 12.4. The molecule has 1 aromatic carbocycles. The van der Waals surface area contributed by atoms with Crippen LogP contribution in [0.4, 0.5) is 0 Å². The Kier molecular flexibility index (Phi) is 5.01. The lowest BCUT2D eigenvalue weighted by molar-refractivity contribution is -0.118. The molecule has 8 heteroatoms. The Bertz CT molecular complexity index is 871. The van der Waals surface area contributed by atoms with E-state index in [2.05, 4.69) is 27.0 Å². The van der Waals surface area contributed by atoms with E-state index >= 15 is 0 Å². The van der Waals surface area contributed by atoms with Crippen LogP contribution in [0.25, 0.3) is 0 Å². The zero-order chi connectivity index (χ0) is 16.3. The van der Waals surface area contributed by atoms with E-state index in [0.29, 0.717) is 0 Å². The average Bonchev–Trinajstić information content (AvgIpc) is 2.41. The van der Waals surface area contributed by atoms with Gasteiger partial charge in [0.05, 0.1) is 4.90 Å². The Labute approximate surface area is 141 Å². The summed E-state index contributed by atoms with van der Waals surface area (Å²) in [4.78, 5) is 11.2. The van der Waals surface area contributed by atoms with Crippen molar-refractivity contribution in [2.24, 2.45) is 10.1 Å². The van der Waals surface area contributed by atoms with E-state index in [1.807, 2.05) is 6.92 Å². The molecule has 0 saturated heterocycles. The van der Waals surface area contributed by atoms with Crippen LogP contribution in [0.15, 0.2) is 51.9 Å². The Morgan fingerprint density at radius 3 is 2.45 bits per heavy atom. The van der Waals surface area contributed by atoms with Gasteiger partial charge in [-0.1, -0.05) is 17.7 Å². The van der Waals surface area contributed by atoms with Crippen molar-refractivity contribution in [2.45, 2.75) is 18.4 Å². The number of amides is 1. The number of aryl methyl sites for hydroxylation is 1. The minimum Gasteiger partial charge on any atom is -0.368 e. The highest BCUT2D eigenvalue weighted by Crippen LogP contribution is 2.12. The summed E-state index contributed by atoms with van der Waals surface area (Å²) in [6.45, 7) is 1.73. The first-order valence-electron chi connectivity index (χ1n) is 6.30. The van der Waals surface area contributed by atoms with Gasteiger partial charge in [0.15, 0.2) is 0 Å². The molecule has 0 unspecified atom stereocenters. The van der Waals surface area contributed by atoms with Crippen molar-refractivity contribution < 1.29 is 13.2 Å². The van der Waals surface area contributed by atoms with Crippen molar-refractivity contribution in [3.8, 4) is 0 Å². The van der Waals surface area contributed by atoms with E-state index in [1.165, 1.54) is 22.8 Å². The van der Waals surface area contributed by atoms with Crippen LogP contribution in [0.3, 0.4) is 0 Å². The molecule has 0 saturated carbocycles. The molecule has 0 aliphatic carbocycles. The third-order valence-corrected chi connectivity index (χ3v) is 4.76. The van der Waals surface area contributed by atoms with Crippen LogP contribution < -0.4 is 11.2 Å². The summed E-state index contributed by atoms with van der Waals surface area (Å²) in [6.07, 6.45) is 1.62. The Morgan fingerprint density at radius 2 is 1.86 bits per heavy atom. The topological polar surface area (TPSA) is 94.5 Å². The van der Waals surface area contributed by atoms with Gasteiger partial charge in [0.1, 0.15) is 12.0 Å². The van der Waals surface area contributed by atoms with Crippen LogP contribution in [-0.4, -0.2) is 18.9 Å². The second-order valence-corrected chi connectivity index (χ2v) is 7.53. The summed E-state index contributed by atoms with van der Waals surface area (Å²) in [6, 6.07) is 9.65. The minimum absolute atomic E-state index is 0.0993. The smallest absolute Gasteiger partial charge is 0.284 e. The third kappa shape index (κ3) is 4.17. The number of hydrogen-bond donors (Lipinski definition) is 1. The average molecular weight is 431 g/mol. The van der Waals surface area contributed by atoms with Gasteiger partial charge < -0.3 is 10.3 Å². The summed E-state index contributed by atoms with van der Waals surface area (Å²) in [5, 5.41) is 0. The lowest BCUT2D eigenvalue weighted by Gasteiger charge is -2.06. The maximum Gasteiger partial charge on any atom is 0.284 e. The molecule has 22 heavy (non-hydrogen) atoms. The lowest BCUT2D eigenvalue weighted by Crippen LogP contribution is -2.29. The fourth-order valence-electron chi connectivity index (χ4n) is 1.77. The van der Waals surface area contributed by atoms with E-state index in [4.69, 9.17) is 5.73 Å². The second-order valence-electron chi connectivity index (χ2n) is 4.68. The molecule has 1 amide bonds. The highest BCUT2D eigenvalue weighted by molar-refractivity contribution is 14.1. The molecule has 2 rings (SSSR count). The number of sulfonamides is 1. The molecule has 0 aliphatic rings. The number of nitrogens with two attached hydrogens (primary N) is 1. The number of benzene rings is 1. The highest BCUT2D eigenvalue weighted by Gasteiger charge is 2.12. The van der Waals surface area contributed by atoms with E-state index in [1.54, 1.807) is 24.4 Å². The van der Waals surface area contributed by atoms with Gasteiger partial charge in [-0.05, 0) is 53.8 Å². The Balaban J connectivity index is 2.56. The van der Waals surface area contributed by atoms with Crippen molar-refractivity contribution in [1.82, 2.24) is 4.57 Å². The number of primary amides is 1. The van der Waals surface area contributed by atoms with Crippen molar-refractivity contribution in [1.29, 1.82) is 0 Å². The van der Waals surface area contributed by atoms with Gasteiger partial charge in [-0.25, -0.2) is 0 Å². The summed E-state index contributed by atoms with van der Waals surface area (Å²) in [5.41, 5.74) is 6.29. The fraction of sp³-hybridized carbons (Fsp3) is 0.143. The molecule has 0 atom stereocenters. The number of hydrogen-bond acceptors (Lipinski definition) is 3. The van der Waals surface area contributed by atoms with Gasteiger partial charge in [-0.3, -0.25) is 4.79 Å². The predicted octanol–water partition coefficient (Wildman–Crippen LogP) is 1.18. The van der Waals surface area contributed by atoms with Crippen LogP contribution in [0, 0.1) is 10.5 Å². The molecule has 0 radical (unpaired) electrons. The number of halogens is 1. The summed E-state index contributed by atoms with van der Waals surface area (Å²) >= 11 is 2.06. The first kappa shape index (κ1) is 16.7. The molecule has 6 nitrogen and oxygen atoms in total. The SMILES string of the molecule is Cc1ccc(S(=O)(=O)N=c2ccc(I)cn2CC(N)=O)cc1. The number of nitrogens with zero attached hydrogens (tertiary/aromatic N) is 2. The van der Waals surface area contributed by atoms with Gasteiger partial charge in [-0.2, -0.15) is 8.42 Å². The van der Waals surface area contributed by atoms with E-state index < -0.39 is 15.9 Å². The predicted molar refractivity (Wildman–Crippen MR) is 90.3 cm³/mol. The zero-order valence-corrected chi connectivity index (χ0v) is 14.7. The molecule has 0 spiro atoms. The zero-order valence-electron chi connectivity index (χ0n) is 11.7. The first-order chi connectivity index (χ1) is 10.3. The van der Waals surface area contributed by atoms with Crippen molar-refractivity contribution in [3.05, 3.63) is 57.2 Å². The summed E-state index contributed by atoms with van der Waals surface area (Å²) in [5.74, 6) is -0.573. The van der Waals surface area contributed by atoms with Crippen LogP contribution in [-0.2, 0) is 21.4 Å². The fourth-order valence-corrected chi connectivity index (χ4v) is 3.28. The molecule has 116 valence electrons. The van der Waals surface area contributed by atoms with Gasteiger partial charge in [-0.15, -0.1) is 4.40 Å². The summed E-state index contributed by atoms with van der Waals surface area (Å²) in [7, 11) is -3.85. The van der Waals surface area contributed by atoms with E-state index in [0.717, 1.165) is 9.13 Å².